The molecule has 160 valence electrons. The zero-order valence-electron chi connectivity index (χ0n) is 17.6. The Morgan fingerprint density at radius 1 is 1.36 bits per heavy atom. The summed E-state index contributed by atoms with van der Waals surface area (Å²) in [6.07, 6.45) is 3.95. The van der Waals surface area contributed by atoms with Gasteiger partial charge in [0.25, 0.3) is 0 Å². The second-order valence-corrected chi connectivity index (χ2v) is 7.84. The van der Waals surface area contributed by atoms with Crippen molar-refractivity contribution in [3.8, 4) is 0 Å². The predicted molar refractivity (Wildman–Crippen MR) is 121 cm³/mol. The molecule has 0 saturated carbocycles. The normalized spacial score (nSPS) is 23.4. The number of nitrogens with zero attached hydrogens (tertiary/aromatic N) is 5. The second-order valence-electron chi connectivity index (χ2n) is 7.84. The van der Waals surface area contributed by atoms with Gasteiger partial charge in [0.1, 0.15) is 6.10 Å². The minimum absolute atomic E-state index is 0. The van der Waals surface area contributed by atoms with Crippen molar-refractivity contribution in [3.05, 3.63) is 18.0 Å². The summed E-state index contributed by atoms with van der Waals surface area (Å²) in [6.45, 7) is 14.1. The highest BCUT2D eigenvalue weighted by atomic mass is 127. The smallest absolute Gasteiger partial charge is 0.194 e. The van der Waals surface area contributed by atoms with Gasteiger partial charge < -0.3 is 19.7 Å². The van der Waals surface area contributed by atoms with E-state index in [1.807, 2.05) is 24.1 Å². The molecule has 2 aliphatic heterocycles. The Kier molecular flexibility index (Phi) is 8.97. The summed E-state index contributed by atoms with van der Waals surface area (Å²) in [5.74, 6) is 0.973. The van der Waals surface area contributed by atoms with Crippen molar-refractivity contribution in [1.29, 1.82) is 0 Å². The molecule has 2 aliphatic rings. The number of aryl methyl sites for hydroxylation is 1. The largest absolute Gasteiger partial charge is 0.378 e. The molecular formula is C19H35IN6O2. The van der Waals surface area contributed by atoms with Crippen LogP contribution in [0, 0.1) is 0 Å². The highest BCUT2D eigenvalue weighted by molar-refractivity contribution is 14.0. The fourth-order valence-corrected chi connectivity index (χ4v) is 3.66. The number of ether oxygens (including phenoxy) is 2. The molecule has 0 radical (unpaired) electrons. The first kappa shape index (κ1) is 23.4. The van der Waals surface area contributed by atoms with E-state index >= 15 is 0 Å². The van der Waals surface area contributed by atoms with Gasteiger partial charge in [0.15, 0.2) is 5.96 Å². The average molecular weight is 506 g/mol. The van der Waals surface area contributed by atoms with Crippen molar-refractivity contribution in [2.24, 2.45) is 12.0 Å². The van der Waals surface area contributed by atoms with Crippen LogP contribution in [0.15, 0.2) is 17.4 Å². The number of aliphatic imine (C=N–C) groups is 1. The fraction of sp³-hybridized carbons (Fsp3) is 0.789. The number of morpholine rings is 2. The van der Waals surface area contributed by atoms with E-state index in [0.717, 1.165) is 64.0 Å². The Morgan fingerprint density at radius 2 is 2.18 bits per heavy atom. The van der Waals surface area contributed by atoms with Crippen LogP contribution < -0.4 is 5.32 Å². The summed E-state index contributed by atoms with van der Waals surface area (Å²) < 4.78 is 13.4. The SMILES string of the molecule is CCNC(=NCCN1CCOCC1(C)C)N1CCOC(c2cnn(C)c2)C1.I. The van der Waals surface area contributed by atoms with Crippen LogP contribution in [0.4, 0.5) is 0 Å². The third-order valence-corrected chi connectivity index (χ3v) is 5.25. The van der Waals surface area contributed by atoms with Crippen LogP contribution >= 0.6 is 24.0 Å². The van der Waals surface area contributed by atoms with Crippen molar-refractivity contribution < 1.29 is 9.47 Å². The van der Waals surface area contributed by atoms with Crippen molar-refractivity contribution in [3.63, 3.8) is 0 Å². The van der Waals surface area contributed by atoms with E-state index in [1.54, 1.807) is 0 Å². The molecule has 0 spiro atoms. The first-order valence-electron chi connectivity index (χ1n) is 9.96. The molecule has 9 heteroatoms. The number of halogens is 1. The molecule has 0 amide bonds. The zero-order chi connectivity index (χ0) is 19.3. The molecule has 1 aromatic rings. The number of hydrogen-bond donors (Lipinski definition) is 1. The highest BCUT2D eigenvalue weighted by Gasteiger charge is 2.30. The van der Waals surface area contributed by atoms with E-state index in [1.165, 1.54) is 0 Å². The number of guanidine groups is 1. The summed E-state index contributed by atoms with van der Waals surface area (Å²) in [5, 5.41) is 7.71. The molecule has 0 aromatic carbocycles. The molecule has 1 unspecified atom stereocenters. The van der Waals surface area contributed by atoms with Crippen LogP contribution in [0.2, 0.25) is 0 Å². The van der Waals surface area contributed by atoms with E-state index in [4.69, 9.17) is 14.5 Å². The maximum Gasteiger partial charge on any atom is 0.194 e. The Morgan fingerprint density at radius 3 is 2.86 bits per heavy atom. The van der Waals surface area contributed by atoms with Crippen LogP contribution in [0.5, 0.6) is 0 Å². The molecule has 2 saturated heterocycles. The van der Waals surface area contributed by atoms with Crippen molar-refractivity contribution in [1.82, 2.24) is 24.9 Å². The summed E-state index contributed by atoms with van der Waals surface area (Å²) >= 11 is 0. The monoisotopic (exact) mass is 506 g/mol. The molecule has 8 nitrogen and oxygen atoms in total. The van der Waals surface area contributed by atoms with Crippen LogP contribution in [0.1, 0.15) is 32.4 Å². The molecule has 3 heterocycles. The van der Waals surface area contributed by atoms with E-state index in [0.29, 0.717) is 6.61 Å². The number of aromatic nitrogens is 2. The predicted octanol–water partition coefficient (Wildman–Crippen LogP) is 1.49. The Balaban J connectivity index is 0.00000280. The highest BCUT2D eigenvalue weighted by Crippen LogP contribution is 2.22. The van der Waals surface area contributed by atoms with Gasteiger partial charge in [-0.05, 0) is 20.8 Å². The lowest BCUT2D eigenvalue weighted by Gasteiger charge is -2.42. The van der Waals surface area contributed by atoms with Crippen LogP contribution in [0.25, 0.3) is 0 Å². The Labute approximate surface area is 185 Å². The van der Waals surface area contributed by atoms with Crippen molar-refractivity contribution >= 4 is 29.9 Å². The van der Waals surface area contributed by atoms with E-state index in [9.17, 15) is 0 Å². The van der Waals surface area contributed by atoms with Gasteiger partial charge in [-0.15, -0.1) is 24.0 Å². The fourth-order valence-electron chi connectivity index (χ4n) is 3.66. The van der Waals surface area contributed by atoms with Gasteiger partial charge in [-0.2, -0.15) is 5.10 Å². The van der Waals surface area contributed by atoms with E-state index in [-0.39, 0.29) is 35.6 Å². The van der Waals surface area contributed by atoms with Gasteiger partial charge in [0, 0.05) is 50.5 Å². The van der Waals surface area contributed by atoms with Gasteiger partial charge in [0.2, 0.25) is 0 Å². The lowest BCUT2D eigenvalue weighted by atomic mass is 10.0. The molecular weight excluding hydrogens is 471 g/mol. The van der Waals surface area contributed by atoms with Gasteiger partial charge in [-0.3, -0.25) is 14.6 Å². The second kappa shape index (κ2) is 10.7. The first-order valence-corrected chi connectivity index (χ1v) is 9.96. The molecule has 3 rings (SSSR count). The number of hydrogen-bond acceptors (Lipinski definition) is 5. The minimum Gasteiger partial charge on any atom is -0.378 e. The third-order valence-electron chi connectivity index (χ3n) is 5.25. The van der Waals surface area contributed by atoms with Crippen molar-refractivity contribution in [2.75, 3.05) is 59.1 Å². The lowest BCUT2D eigenvalue weighted by molar-refractivity contribution is -0.0492. The summed E-state index contributed by atoms with van der Waals surface area (Å²) in [4.78, 5) is 9.68. The van der Waals surface area contributed by atoms with Gasteiger partial charge in [-0.1, -0.05) is 0 Å². The van der Waals surface area contributed by atoms with Gasteiger partial charge in [-0.25, -0.2) is 0 Å². The summed E-state index contributed by atoms with van der Waals surface area (Å²) in [5.41, 5.74) is 1.20. The standard InChI is InChI=1S/C19H34N6O2.HI/c1-5-20-18(21-6-7-25-9-10-26-15-19(25,2)3)24-8-11-27-17(14-24)16-12-22-23(4)13-16;/h12-13,17H,5-11,14-15H2,1-4H3,(H,20,21);1H. The quantitative estimate of drug-likeness (QED) is 0.371. The third kappa shape index (κ3) is 6.04. The van der Waals surface area contributed by atoms with Gasteiger partial charge in [0.05, 0.1) is 39.1 Å². The Hall–Kier alpha value is -0.910. The van der Waals surface area contributed by atoms with Crippen LogP contribution in [0.3, 0.4) is 0 Å². The lowest BCUT2D eigenvalue weighted by Crippen LogP contribution is -2.54. The molecule has 28 heavy (non-hydrogen) atoms. The molecule has 1 aromatic heterocycles. The van der Waals surface area contributed by atoms with E-state index in [2.05, 4.69) is 41.0 Å². The topological polar surface area (TPSA) is 67.2 Å². The maximum absolute atomic E-state index is 5.96. The van der Waals surface area contributed by atoms with Crippen LogP contribution in [-0.4, -0.2) is 90.2 Å². The molecule has 1 atom stereocenters. The average Bonchev–Trinajstić information content (AvgIpc) is 3.09. The summed E-state index contributed by atoms with van der Waals surface area (Å²) in [7, 11) is 1.93. The minimum atomic E-state index is 0. The van der Waals surface area contributed by atoms with Gasteiger partial charge >= 0.3 is 0 Å². The first-order chi connectivity index (χ1) is 13.0. The number of rotatable bonds is 5. The summed E-state index contributed by atoms with van der Waals surface area (Å²) in [6, 6.07) is 0. The Bertz CT molecular complexity index is 636. The molecule has 0 bridgehead atoms. The van der Waals surface area contributed by atoms with E-state index < -0.39 is 0 Å². The molecule has 1 N–H and O–H groups in total. The molecule has 0 aliphatic carbocycles. The zero-order valence-corrected chi connectivity index (χ0v) is 19.9. The molecule has 2 fully saturated rings. The maximum atomic E-state index is 5.96. The van der Waals surface area contributed by atoms with Crippen molar-refractivity contribution in [2.45, 2.75) is 32.4 Å². The number of nitrogens with one attached hydrogen (secondary N) is 1. The van der Waals surface area contributed by atoms with Crippen LogP contribution in [-0.2, 0) is 16.5 Å².